The molecule has 3 aromatic rings. The zero-order valence-corrected chi connectivity index (χ0v) is 12.2. The van der Waals surface area contributed by atoms with Gasteiger partial charge in [0.1, 0.15) is 5.75 Å². The third kappa shape index (κ3) is 2.31. The van der Waals surface area contributed by atoms with Gasteiger partial charge in [0.15, 0.2) is 0 Å². The number of aromatic hydroxyl groups is 1. The molecule has 0 heterocycles. The molecule has 4 rings (SSSR count). The van der Waals surface area contributed by atoms with Crippen molar-refractivity contribution in [2.75, 3.05) is 0 Å². The second-order valence-corrected chi connectivity index (χ2v) is 5.67. The molecule has 3 aromatic carbocycles. The third-order valence-corrected chi connectivity index (χ3v) is 4.20. The van der Waals surface area contributed by atoms with E-state index in [1.54, 1.807) is 12.1 Å². The summed E-state index contributed by atoms with van der Waals surface area (Å²) in [6.45, 7) is 0. The molecule has 0 unspecified atom stereocenters. The minimum absolute atomic E-state index is 0.302. The standard InChI is InChI=1S/C21H16O/c22-21-10-8-16(9-11-21)17-6-7-18-13-19(14-20(18)12-17)15-4-2-1-3-5-15/h1-12,14,22H,13H2. The summed E-state index contributed by atoms with van der Waals surface area (Å²) < 4.78 is 0. The number of allylic oxidation sites excluding steroid dienone is 1. The molecule has 1 aliphatic carbocycles. The number of hydrogen-bond donors (Lipinski definition) is 1. The van der Waals surface area contributed by atoms with Gasteiger partial charge in [-0.05, 0) is 58.0 Å². The van der Waals surface area contributed by atoms with Crippen LogP contribution in [0, 0.1) is 0 Å². The molecule has 1 aliphatic rings. The minimum atomic E-state index is 0.302. The highest BCUT2D eigenvalue weighted by Gasteiger charge is 2.14. The topological polar surface area (TPSA) is 20.2 Å². The molecule has 0 aliphatic heterocycles. The average Bonchev–Trinajstić information content (AvgIpc) is 2.99. The first-order chi connectivity index (χ1) is 10.8. The fraction of sp³-hybridized carbons (Fsp3) is 0.0476. The fourth-order valence-electron chi connectivity index (χ4n) is 3.01. The first-order valence-electron chi connectivity index (χ1n) is 7.48. The largest absolute Gasteiger partial charge is 0.508 e. The van der Waals surface area contributed by atoms with Crippen molar-refractivity contribution in [3.63, 3.8) is 0 Å². The van der Waals surface area contributed by atoms with E-state index in [0.717, 1.165) is 12.0 Å². The second kappa shape index (κ2) is 5.19. The third-order valence-electron chi connectivity index (χ3n) is 4.20. The molecule has 0 aromatic heterocycles. The normalized spacial score (nSPS) is 12.8. The molecule has 0 radical (unpaired) electrons. The number of rotatable bonds is 2. The Morgan fingerprint density at radius 3 is 2.18 bits per heavy atom. The summed E-state index contributed by atoms with van der Waals surface area (Å²) in [6.07, 6.45) is 3.28. The molecule has 0 bridgehead atoms. The van der Waals surface area contributed by atoms with Crippen LogP contribution in [0.5, 0.6) is 5.75 Å². The first-order valence-corrected chi connectivity index (χ1v) is 7.48. The van der Waals surface area contributed by atoms with Crippen molar-refractivity contribution < 1.29 is 5.11 Å². The summed E-state index contributed by atoms with van der Waals surface area (Å²) in [6, 6.07) is 24.5. The molecular weight excluding hydrogens is 268 g/mol. The lowest BCUT2D eigenvalue weighted by molar-refractivity contribution is 0.475. The summed E-state index contributed by atoms with van der Waals surface area (Å²) in [5, 5.41) is 9.41. The second-order valence-electron chi connectivity index (χ2n) is 5.67. The van der Waals surface area contributed by atoms with Crippen LogP contribution < -0.4 is 0 Å². The van der Waals surface area contributed by atoms with Gasteiger partial charge in [-0.2, -0.15) is 0 Å². The van der Waals surface area contributed by atoms with Crippen LogP contribution in [0.2, 0.25) is 0 Å². The maximum Gasteiger partial charge on any atom is 0.115 e. The highest BCUT2D eigenvalue weighted by Crippen LogP contribution is 2.34. The van der Waals surface area contributed by atoms with E-state index in [9.17, 15) is 5.11 Å². The van der Waals surface area contributed by atoms with Gasteiger partial charge in [0.2, 0.25) is 0 Å². The lowest BCUT2D eigenvalue weighted by Gasteiger charge is -2.05. The Morgan fingerprint density at radius 1 is 0.682 bits per heavy atom. The van der Waals surface area contributed by atoms with Gasteiger partial charge in [-0.3, -0.25) is 0 Å². The van der Waals surface area contributed by atoms with E-state index in [1.165, 1.54) is 27.8 Å². The average molecular weight is 284 g/mol. The van der Waals surface area contributed by atoms with Gasteiger partial charge in [0.25, 0.3) is 0 Å². The zero-order chi connectivity index (χ0) is 14.9. The van der Waals surface area contributed by atoms with Gasteiger partial charge in [0.05, 0.1) is 0 Å². The van der Waals surface area contributed by atoms with Crippen LogP contribution in [0.1, 0.15) is 16.7 Å². The lowest BCUT2D eigenvalue weighted by Crippen LogP contribution is -1.86. The fourth-order valence-corrected chi connectivity index (χ4v) is 3.01. The molecule has 0 spiro atoms. The quantitative estimate of drug-likeness (QED) is 0.689. The summed E-state index contributed by atoms with van der Waals surface area (Å²) >= 11 is 0. The van der Waals surface area contributed by atoms with E-state index in [2.05, 4.69) is 54.6 Å². The number of hydrogen-bond acceptors (Lipinski definition) is 1. The Morgan fingerprint density at radius 2 is 1.41 bits per heavy atom. The molecule has 1 heteroatoms. The molecule has 0 saturated heterocycles. The van der Waals surface area contributed by atoms with Crippen LogP contribution in [0.4, 0.5) is 0 Å². The molecule has 22 heavy (non-hydrogen) atoms. The molecular formula is C21H16O. The van der Waals surface area contributed by atoms with Gasteiger partial charge in [-0.25, -0.2) is 0 Å². The van der Waals surface area contributed by atoms with Crippen LogP contribution in [0.3, 0.4) is 0 Å². The van der Waals surface area contributed by atoms with E-state index < -0.39 is 0 Å². The molecule has 0 fully saturated rings. The van der Waals surface area contributed by atoms with Gasteiger partial charge in [-0.15, -0.1) is 0 Å². The Labute approximate surface area is 130 Å². The number of benzene rings is 3. The zero-order valence-electron chi connectivity index (χ0n) is 12.2. The Balaban J connectivity index is 1.71. The van der Waals surface area contributed by atoms with Crippen molar-refractivity contribution in [1.29, 1.82) is 0 Å². The molecule has 0 saturated carbocycles. The highest BCUT2D eigenvalue weighted by atomic mass is 16.3. The summed E-state index contributed by atoms with van der Waals surface area (Å²) in [4.78, 5) is 0. The monoisotopic (exact) mass is 284 g/mol. The minimum Gasteiger partial charge on any atom is -0.508 e. The van der Waals surface area contributed by atoms with Gasteiger partial charge >= 0.3 is 0 Å². The van der Waals surface area contributed by atoms with E-state index in [1.807, 2.05) is 12.1 Å². The van der Waals surface area contributed by atoms with Crippen LogP contribution in [-0.4, -0.2) is 5.11 Å². The van der Waals surface area contributed by atoms with Crippen molar-refractivity contribution in [3.8, 4) is 16.9 Å². The molecule has 1 nitrogen and oxygen atoms in total. The highest BCUT2D eigenvalue weighted by molar-refractivity contribution is 5.89. The van der Waals surface area contributed by atoms with Gasteiger partial charge in [0, 0.05) is 0 Å². The van der Waals surface area contributed by atoms with Gasteiger partial charge < -0.3 is 5.11 Å². The Bertz CT molecular complexity index is 843. The van der Waals surface area contributed by atoms with E-state index >= 15 is 0 Å². The van der Waals surface area contributed by atoms with Crippen LogP contribution in [0.15, 0.2) is 72.8 Å². The van der Waals surface area contributed by atoms with Crippen molar-refractivity contribution in [3.05, 3.63) is 89.5 Å². The summed E-state index contributed by atoms with van der Waals surface area (Å²) in [5.41, 5.74) is 7.65. The maximum absolute atomic E-state index is 9.41. The molecule has 106 valence electrons. The summed E-state index contributed by atoms with van der Waals surface area (Å²) in [5.74, 6) is 0.302. The number of phenolic OH excluding ortho intramolecular Hbond substituents is 1. The smallest absolute Gasteiger partial charge is 0.115 e. The molecule has 1 N–H and O–H groups in total. The number of fused-ring (bicyclic) bond motifs is 1. The predicted octanol–water partition coefficient (Wildman–Crippen LogP) is 5.16. The van der Waals surface area contributed by atoms with Crippen LogP contribution >= 0.6 is 0 Å². The van der Waals surface area contributed by atoms with Crippen molar-refractivity contribution in [2.45, 2.75) is 6.42 Å². The molecule has 0 amide bonds. The van der Waals surface area contributed by atoms with E-state index in [4.69, 9.17) is 0 Å². The Hall–Kier alpha value is -2.80. The van der Waals surface area contributed by atoms with Gasteiger partial charge in [-0.1, -0.05) is 60.7 Å². The first kappa shape index (κ1) is 12.9. The predicted molar refractivity (Wildman–Crippen MR) is 91.6 cm³/mol. The maximum atomic E-state index is 9.41. The van der Waals surface area contributed by atoms with Crippen LogP contribution in [-0.2, 0) is 6.42 Å². The van der Waals surface area contributed by atoms with Crippen molar-refractivity contribution in [2.24, 2.45) is 0 Å². The summed E-state index contributed by atoms with van der Waals surface area (Å²) in [7, 11) is 0. The molecule has 0 atom stereocenters. The SMILES string of the molecule is Oc1ccc(-c2ccc3c(c2)C=C(c2ccccc2)C3)cc1. The number of phenols is 1. The van der Waals surface area contributed by atoms with E-state index in [-0.39, 0.29) is 0 Å². The van der Waals surface area contributed by atoms with Crippen molar-refractivity contribution in [1.82, 2.24) is 0 Å². The van der Waals surface area contributed by atoms with Crippen molar-refractivity contribution >= 4 is 11.6 Å². The Kier molecular flexibility index (Phi) is 3.05. The van der Waals surface area contributed by atoms with E-state index in [0.29, 0.717) is 5.75 Å². The van der Waals surface area contributed by atoms with Crippen LogP contribution in [0.25, 0.3) is 22.8 Å². The lowest BCUT2D eigenvalue weighted by atomic mass is 10.00.